The van der Waals surface area contributed by atoms with Crippen LogP contribution >= 0.6 is 24.8 Å². The Balaban J connectivity index is 0.00000162. The molecule has 0 saturated heterocycles. The summed E-state index contributed by atoms with van der Waals surface area (Å²) in [6, 6.07) is 1.73. The number of aromatic nitrogens is 2. The van der Waals surface area contributed by atoms with Crippen LogP contribution in [-0.2, 0) is 0 Å². The van der Waals surface area contributed by atoms with E-state index in [9.17, 15) is 0 Å². The standard InChI is InChI=1S/C11H13N3O3.2ClH/c1-15-8-4-7-6(5-13-11(12)14-7)9(16-2)10(8)17-3;;/h4-5H,1-3H3,(H2,12,13,14);2*1H. The van der Waals surface area contributed by atoms with Gasteiger partial charge in [0.25, 0.3) is 0 Å². The number of halogens is 2. The van der Waals surface area contributed by atoms with Crippen LogP contribution in [0.15, 0.2) is 12.3 Å². The first kappa shape index (κ1) is 17.3. The number of nitrogens with two attached hydrogens (primary N) is 1. The van der Waals surface area contributed by atoms with Gasteiger partial charge in [0.15, 0.2) is 11.5 Å². The molecule has 6 nitrogen and oxygen atoms in total. The smallest absolute Gasteiger partial charge is 0.220 e. The molecule has 106 valence electrons. The zero-order valence-corrected chi connectivity index (χ0v) is 12.3. The minimum atomic E-state index is 0. The first-order chi connectivity index (χ1) is 8.21. The van der Waals surface area contributed by atoms with Crippen LogP contribution in [0.3, 0.4) is 0 Å². The number of nitrogen functional groups attached to an aromatic ring is 1. The number of anilines is 1. The van der Waals surface area contributed by atoms with Crippen LogP contribution in [0, 0.1) is 0 Å². The van der Waals surface area contributed by atoms with Crippen molar-refractivity contribution < 1.29 is 14.2 Å². The van der Waals surface area contributed by atoms with E-state index < -0.39 is 0 Å². The zero-order chi connectivity index (χ0) is 12.4. The topological polar surface area (TPSA) is 79.5 Å². The number of hydrogen-bond donors (Lipinski definition) is 1. The van der Waals surface area contributed by atoms with Gasteiger partial charge in [-0.2, -0.15) is 0 Å². The maximum Gasteiger partial charge on any atom is 0.220 e. The third-order valence-corrected chi connectivity index (χ3v) is 2.41. The van der Waals surface area contributed by atoms with E-state index in [1.165, 1.54) is 0 Å². The van der Waals surface area contributed by atoms with Gasteiger partial charge in [0.05, 0.1) is 32.2 Å². The molecule has 0 unspecified atom stereocenters. The monoisotopic (exact) mass is 307 g/mol. The maximum atomic E-state index is 5.54. The second kappa shape index (κ2) is 7.06. The Morgan fingerprint density at radius 2 is 1.63 bits per heavy atom. The van der Waals surface area contributed by atoms with Gasteiger partial charge in [-0.05, 0) is 0 Å². The highest BCUT2D eigenvalue weighted by atomic mass is 35.5. The maximum absolute atomic E-state index is 5.54. The number of benzene rings is 1. The molecule has 19 heavy (non-hydrogen) atoms. The lowest BCUT2D eigenvalue weighted by Crippen LogP contribution is -1.99. The summed E-state index contributed by atoms with van der Waals surface area (Å²) in [6.07, 6.45) is 1.60. The van der Waals surface area contributed by atoms with Crippen molar-refractivity contribution in [3.8, 4) is 17.2 Å². The molecule has 2 rings (SSSR count). The lowest BCUT2D eigenvalue weighted by molar-refractivity contribution is 0.327. The summed E-state index contributed by atoms with van der Waals surface area (Å²) in [7, 11) is 4.64. The van der Waals surface area contributed by atoms with Crippen LogP contribution in [0.1, 0.15) is 0 Å². The Hall–Kier alpha value is -1.66. The Bertz CT molecular complexity index is 566. The molecule has 1 heterocycles. The van der Waals surface area contributed by atoms with Gasteiger partial charge >= 0.3 is 0 Å². The average Bonchev–Trinajstić information content (AvgIpc) is 2.35. The van der Waals surface area contributed by atoms with Crippen molar-refractivity contribution in [2.45, 2.75) is 0 Å². The number of fused-ring (bicyclic) bond motifs is 1. The highest BCUT2D eigenvalue weighted by Gasteiger charge is 2.16. The van der Waals surface area contributed by atoms with E-state index in [4.69, 9.17) is 19.9 Å². The van der Waals surface area contributed by atoms with Crippen molar-refractivity contribution in [3.63, 3.8) is 0 Å². The lowest BCUT2D eigenvalue weighted by atomic mass is 10.2. The first-order valence-electron chi connectivity index (χ1n) is 4.92. The van der Waals surface area contributed by atoms with Gasteiger partial charge in [-0.1, -0.05) is 0 Å². The molecule has 0 aliphatic heterocycles. The Morgan fingerprint density at radius 3 is 2.16 bits per heavy atom. The van der Waals surface area contributed by atoms with E-state index in [1.54, 1.807) is 33.6 Å². The minimum Gasteiger partial charge on any atom is -0.493 e. The normalized spacial score (nSPS) is 9.21. The molecule has 0 fully saturated rings. The summed E-state index contributed by atoms with van der Waals surface area (Å²) in [5.41, 5.74) is 6.19. The number of nitrogens with zero attached hydrogens (tertiary/aromatic N) is 2. The molecule has 0 amide bonds. The van der Waals surface area contributed by atoms with Crippen LogP contribution in [0.5, 0.6) is 17.2 Å². The summed E-state index contributed by atoms with van der Waals surface area (Å²) in [4.78, 5) is 8.06. The van der Waals surface area contributed by atoms with Crippen LogP contribution in [0.4, 0.5) is 5.95 Å². The summed E-state index contributed by atoms with van der Waals surface area (Å²) < 4.78 is 15.8. The number of hydrogen-bond acceptors (Lipinski definition) is 6. The van der Waals surface area contributed by atoms with Gasteiger partial charge in [-0.15, -0.1) is 24.8 Å². The molecular weight excluding hydrogens is 293 g/mol. The van der Waals surface area contributed by atoms with Crippen molar-refractivity contribution in [2.75, 3.05) is 27.1 Å². The molecule has 0 radical (unpaired) electrons. The Morgan fingerprint density at radius 1 is 1.00 bits per heavy atom. The molecule has 0 bridgehead atoms. The van der Waals surface area contributed by atoms with Crippen molar-refractivity contribution in [2.24, 2.45) is 0 Å². The minimum absolute atomic E-state index is 0. The predicted molar refractivity (Wildman–Crippen MR) is 78.1 cm³/mol. The van der Waals surface area contributed by atoms with Crippen LogP contribution in [-0.4, -0.2) is 31.3 Å². The SMILES string of the molecule is COc1cc2nc(N)ncc2c(OC)c1OC.Cl.Cl. The van der Waals surface area contributed by atoms with Crippen molar-refractivity contribution in [1.29, 1.82) is 0 Å². The molecule has 8 heteroatoms. The largest absolute Gasteiger partial charge is 0.493 e. The number of methoxy groups -OCH3 is 3. The van der Waals surface area contributed by atoms with Crippen molar-refractivity contribution in [1.82, 2.24) is 9.97 Å². The van der Waals surface area contributed by atoms with Gasteiger partial charge in [0, 0.05) is 12.3 Å². The van der Waals surface area contributed by atoms with E-state index in [2.05, 4.69) is 9.97 Å². The molecular formula is C11H15Cl2N3O3. The number of rotatable bonds is 3. The van der Waals surface area contributed by atoms with Gasteiger partial charge < -0.3 is 19.9 Å². The highest BCUT2D eigenvalue weighted by molar-refractivity contribution is 5.90. The molecule has 1 aromatic heterocycles. The third-order valence-electron chi connectivity index (χ3n) is 2.41. The predicted octanol–water partition coefficient (Wildman–Crippen LogP) is 2.08. The fourth-order valence-corrected chi connectivity index (χ4v) is 1.67. The van der Waals surface area contributed by atoms with Crippen LogP contribution < -0.4 is 19.9 Å². The average molecular weight is 308 g/mol. The number of ether oxygens (including phenoxy) is 3. The van der Waals surface area contributed by atoms with Crippen LogP contribution in [0.2, 0.25) is 0 Å². The Kier molecular flexibility index (Phi) is 6.44. The first-order valence-corrected chi connectivity index (χ1v) is 4.92. The molecule has 2 aromatic rings. The quantitative estimate of drug-likeness (QED) is 0.935. The van der Waals surface area contributed by atoms with Gasteiger partial charge in [-0.25, -0.2) is 9.97 Å². The zero-order valence-electron chi connectivity index (χ0n) is 10.7. The lowest BCUT2D eigenvalue weighted by Gasteiger charge is -2.13. The third kappa shape index (κ3) is 3.02. The molecule has 0 aliphatic rings. The summed E-state index contributed by atoms with van der Waals surface area (Å²) in [5.74, 6) is 1.78. The van der Waals surface area contributed by atoms with Gasteiger partial charge in [0.1, 0.15) is 0 Å². The summed E-state index contributed by atoms with van der Waals surface area (Å²) in [5, 5.41) is 0.722. The fourth-order valence-electron chi connectivity index (χ4n) is 1.67. The van der Waals surface area contributed by atoms with E-state index in [0.29, 0.717) is 22.8 Å². The van der Waals surface area contributed by atoms with E-state index in [1.807, 2.05) is 0 Å². The Labute approximate surface area is 123 Å². The van der Waals surface area contributed by atoms with E-state index in [0.717, 1.165) is 5.39 Å². The summed E-state index contributed by atoms with van der Waals surface area (Å²) >= 11 is 0. The second-order valence-corrected chi connectivity index (χ2v) is 3.31. The molecule has 2 N–H and O–H groups in total. The van der Waals surface area contributed by atoms with E-state index in [-0.39, 0.29) is 30.8 Å². The second-order valence-electron chi connectivity index (χ2n) is 3.31. The molecule has 0 spiro atoms. The summed E-state index contributed by atoms with van der Waals surface area (Å²) in [6.45, 7) is 0. The van der Waals surface area contributed by atoms with Crippen molar-refractivity contribution in [3.05, 3.63) is 12.3 Å². The van der Waals surface area contributed by atoms with Gasteiger partial charge in [-0.3, -0.25) is 0 Å². The van der Waals surface area contributed by atoms with Gasteiger partial charge in [0.2, 0.25) is 11.7 Å². The molecule has 0 atom stereocenters. The molecule has 1 aromatic carbocycles. The molecule has 0 saturated carbocycles. The highest BCUT2D eigenvalue weighted by Crippen LogP contribution is 2.42. The van der Waals surface area contributed by atoms with E-state index >= 15 is 0 Å². The van der Waals surface area contributed by atoms with Crippen LogP contribution in [0.25, 0.3) is 10.9 Å². The molecule has 0 aliphatic carbocycles. The van der Waals surface area contributed by atoms with Crippen molar-refractivity contribution >= 4 is 41.7 Å². The fraction of sp³-hybridized carbons (Fsp3) is 0.273.